The van der Waals surface area contributed by atoms with Crippen molar-refractivity contribution in [3.05, 3.63) is 35.4 Å². The number of carbonyl (C=O) groups excluding carboxylic acids is 1. The summed E-state index contributed by atoms with van der Waals surface area (Å²) in [5, 5.41) is 3.07. The van der Waals surface area contributed by atoms with Crippen LogP contribution < -0.4 is 5.32 Å². The van der Waals surface area contributed by atoms with E-state index in [0.29, 0.717) is 26.1 Å². The molecule has 0 aliphatic carbocycles. The number of nitrogens with one attached hydrogen (secondary N) is 1. The van der Waals surface area contributed by atoms with Gasteiger partial charge in [-0.1, -0.05) is 45.0 Å². The fourth-order valence-corrected chi connectivity index (χ4v) is 1.81. The maximum atomic E-state index is 11.8. The number of benzene rings is 1. The van der Waals surface area contributed by atoms with Gasteiger partial charge in [0.25, 0.3) is 0 Å². The second kappa shape index (κ2) is 7.41. The highest BCUT2D eigenvalue weighted by Gasteiger charge is 2.13. The molecule has 0 heterocycles. The quantitative estimate of drug-likeness (QED) is 0.767. The van der Waals surface area contributed by atoms with Crippen LogP contribution in [-0.2, 0) is 21.4 Å². The Labute approximate surface area is 116 Å². The molecule has 3 nitrogen and oxygen atoms in total. The first-order valence-corrected chi connectivity index (χ1v) is 6.74. The Kier molecular flexibility index (Phi) is 6.19. The molecule has 0 bridgehead atoms. The first-order valence-electron chi connectivity index (χ1n) is 6.74. The lowest BCUT2D eigenvalue weighted by atomic mass is 9.86. The highest BCUT2D eigenvalue weighted by atomic mass is 16.5. The molecule has 0 aliphatic heterocycles. The fraction of sp³-hybridized carbons (Fsp3) is 0.562. The van der Waals surface area contributed by atoms with Crippen LogP contribution in [0.15, 0.2) is 24.3 Å². The summed E-state index contributed by atoms with van der Waals surface area (Å²) in [5.74, 6) is 0.208. The van der Waals surface area contributed by atoms with Gasteiger partial charge in [-0.3, -0.25) is 4.79 Å². The minimum atomic E-state index is 0.157. The first kappa shape index (κ1) is 15.9. The fourth-order valence-electron chi connectivity index (χ4n) is 1.81. The monoisotopic (exact) mass is 263 g/mol. The van der Waals surface area contributed by atoms with E-state index in [4.69, 9.17) is 4.74 Å². The van der Waals surface area contributed by atoms with Crippen molar-refractivity contribution in [3.63, 3.8) is 0 Å². The van der Waals surface area contributed by atoms with E-state index in [2.05, 4.69) is 38.2 Å². The molecule has 0 fully saturated rings. The second-order valence-corrected chi connectivity index (χ2v) is 5.83. The van der Waals surface area contributed by atoms with E-state index in [-0.39, 0.29) is 11.2 Å². The largest absolute Gasteiger partial charge is 0.383 e. The third-order valence-electron chi connectivity index (χ3n) is 3.03. The summed E-state index contributed by atoms with van der Waals surface area (Å²) in [5.41, 5.74) is 2.53. The Hall–Kier alpha value is -1.19. The zero-order valence-electron chi connectivity index (χ0n) is 12.5. The summed E-state index contributed by atoms with van der Waals surface area (Å²) in [6.07, 6.45) is 0.490. The Morgan fingerprint density at radius 3 is 2.37 bits per heavy atom. The highest BCUT2D eigenvalue weighted by molar-refractivity contribution is 5.82. The molecular formula is C16H25NO2. The average Bonchev–Trinajstić information content (AvgIpc) is 2.34. The van der Waals surface area contributed by atoms with Crippen LogP contribution in [0.25, 0.3) is 0 Å². The van der Waals surface area contributed by atoms with Gasteiger partial charge in [0.05, 0.1) is 13.2 Å². The van der Waals surface area contributed by atoms with Gasteiger partial charge in [0, 0.05) is 20.1 Å². The Morgan fingerprint density at radius 2 is 1.84 bits per heavy atom. The lowest BCUT2D eigenvalue weighted by Crippen LogP contribution is -2.27. The molecule has 0 aliphatic rings. The highest BCUT2D eigenvalue weighted by Crippen LogP contribution is 2.22. The molecule has 1 aromatic rings. The van der Waals surface area contributed by atoms with Crippen LogP contribution >= 0.6 is 0 Å². The van der Waals surface area contributed by atoms with Gasteiger partial charge >= 0.3 is 0 Å². The van der Waals surface area contributed by atoms with Crippen LogP contribution in [-0.4, -0.2) is 32.6 Å². The van der Waals surface area contributed by atoms with Crippen LogP contribution in [0, 0.1) is 0 Å². The summed E-state index contributed by atoms with van der Waals surface area (Å²) < 4.78 is 4.91. The van der Waals surface area contributed by atoms with Crippen molar-refractivity contribution in [1.82, 2.24) is 5.32 Å². The predicted octanol–water partition coefficient (Wildman–Crippen LogP) is 2.33. The Morgan fingerprint density at radius 1 is 1.21 bits per heavy atom. The number of ether oxygens (including phenoxy) is 1. The third kappa shape index (κ3) is 5.99. The van der Waals surface area contributed by atoms with Gasteiger partial charge in [-0.15, -0.1) is 0 Å². The summed E-state index contributed by atoms with van der Waals surface area (Å²) in [6, 6.07) is 8.32. The molecule has 1 rings (SSSR count). The zero-order valence-corrected chi connectivity index (χ0v) is 12.5. The normalized spacial score (nSPS) is 11.6. The number of carbonyl (C=O) groups is 1. The molecule has 0 saturated carbocycles. The van der Waals surface area contributed by atoms with E-state index in [0.717, 1.165) is 5.56 Å². The standard InChI is InChI=1S/C16H25NO2/c1-16(2,3)14-7-5-13(6-8-14)11-15(18)12-17-9-10-19-4/h5-8,17H,9-12H2,1-4H3. The van der Waals surface area contributed by atoms with Crippen LogP contribution in [0.5, 0.6) is 0 Å². The number of hydrogen-bond donors (Lipinski definition) is 1. The molecule has 0 atom stereocenters. The first-order chi connectivity index (χ1) is 8.93. The minimum Gasteiger partial charge on any atom is -0.383 e. The number of rotatable bonds is 7. The maximum absolute atomic E-state index is 11.8. The molecule has 3 heteroatoms. The SMILES string of the molecule is COCCNCC(=O)Cc1ccc(C(C)(C)C)cc1. The maximum Gasteiger partial charge on any atom is 0.150 e. The van der Waals surface area contributed by atoms with E-state index in [1.54, 1.807) is 7.11 Å². The summed E-state index contributed by atoms with van der Waals surface area (Å²) >= 11 is 0. The summed E-state index contributed by atoms with van der Waals surface area (Å²) in [6.45, 7) is 8.32. The molecule has 0 saturated heterocycles. The van der Waals surface area contributed by atoms with Gasteiger partial charge in [-0.2, -0.15) is 0 Å². The predicted molar refractivity (Wildman–Crippen MR) is 78.6 cm³/mol. The molecule has 106 valence electrons. The van der Waals surface area contributed by atoms with Gasteiger partial charge in [-0.25, -0.2) is 0 Å². The average molecular weight is 263 g/mol. The summed E-state index contributed by atoms with van der Waals surface area (Å²) in [4.78, 5) is 11.8. The van der Waals surface area contributed by atoms with E-state index in [1.807, 2.05) is 12.1 Å². The molecule has 19 heavy (non-hydrogen) atoms. The van der Waals surface area contributed by atoms with Crippen molar-refractivity contribution in [2.24, 2.45) is 0 Å². The minimum absolute atomic E-state index is 0.157. The lowest BCUT2D eigenvalue weighted by molar-refractivity contribution is -0.117. The van der Waals surface area contributed by atoms with Crippen molar-refractivity contribution in [1.29, 1.82) is 0 Å². The molecule has 0 unspecified atom stereocenters. The summed E-state index contributed by atoms with van der Waals surface area (Å²) in [7, 11) is 1.65. The van der Waals surface area contributed by atoms with E-state index in [1.165, 1.54) is 5.56 Å². The molecule has 0 aromatic heterocycles. The van der Waals surface area contributed by atoms with Crippen LogP contribution in [0.4, 0.5) is 0 Å². The van der Waals surface area contributed by atoms with E-state index >= 15 is 0 Å². The van der Waals surface area contributed by atoms with Gasteiger partial charge in [0.1, 0.15) is 0 Å². The smallest absolute Gasteiger partial charge is 0.150 e. The van der Waals surface area contributed by atoms with E-state index in [9.17, 15) is 4.79 Å². The van der Waals surface area contributed by atoms with E-state index < -0.39 is 0 Å². The van der Waals surface area contributed by atoms with Gasteiger partial charge in [0.2, 0.25) is 0 Å². The molecule has 0 amide bonds. The van der Waals surface area contributed by atoms with Crippen molar-refractivity contribution < 1.29 is 9.53 Å². The Balaban J connectivity index is 2.43. The van der Waals surface area contributed by atoms with Crippen molar-refractivity contribution in [3.8, 4) is 0 Å². The third-order valence-corrected chi connectivity index (χ3v) is 3.03. The van der Waals surface area contributed by atoms with Gasteiger partial charge in [0.15, 0.2) is 5.78 Å². The molecular weight excluding hydrogens is 238 g/mol. The molecule has 0 radical (unpaired) electrons. The van der Waals surface area contributed by atoms with Crippen LogP contribution in [0.2, 0.25) is 0 Å². The molecule has 1 aromatic carbocycles. The van der Waals surface area contributed by atoms with Crippen LogP contribution in [0.3, 0.4) is 0 Å². The number of Topliss-reactive ketones (excluding diaryl/α,β-unsaturated/α-hetero) is 1. The van der Waals surface area contributed by atoms with Crippen molar-refractivity contribution in [2.75, 3.05) is 26.8 Å². The number of hydrogen-bond acceptors (Lipinski definition) is 3. The Bertz CT molecular complexity index is 390. The van der Waals surface area contributed by atoms with Crippen LogP contribution in [0.1, 0.15) is 31.9 Å². The van der Waals surface area contributed by atoms with Gasteiger partial charge in [-0.05, 0) is 16.5 Å². The second-order valence-electron chi connectivity index (χ2n) is 5.83. The number of ketones is 1. The lowest BCUT2D eigenvalue weighted by Gasteiger charge is -2.19. The molecule has 1 N–H and O–H groups in total. The zero-order chi connectivity index (χ0) is 14.3. The van der Waals surface area contributed by atoms with Crippen molar-refractivity contribution in [2.45, 2.75) is 32.6 Å². The van der Waals surface area contributed by atoms with Gasteiger partial charge < -0.3 is 10.1 Å². The number of methoxy groups -OCH3 is 1. The molecule has 0 spiro atoms. The van der Waals surface area contributed by atoms with Crippen molar-refractivity contribution >= 4 is 5.78 Å². The topological polar surface area (TPSA) is 38.3 Å².